The first kappa shape index (κ1) is 11.2. The molecule has 1 aliphatic rings. The third-order valence-corrected chi connectivity index (χ3v) is 3.57. The Hall–Kier alpha value is -2.61. The van der Waals surface area contributed by atoms with Gasteiger partial charge in [-0.1, -0.05) is 30.3 Å². The topological polar surface area (TPSA) is 21.6 Å². The smallest absolute Gasteiger partial charge is 0.221 e. The lowest BCUT2D eigenvalue weighted by Gasteiger charge is -2.11. The van der Waals surface area contributed by atoms with Crippen molar-refractivity contribution in [2.45, 2.75) is 0 Å². The summed E-state index contributed by atoms with van der Waals surface area (Å²) < 4.78 is 5.56. The van der Waals surface area contributed by atoms with Crippen LogP contribution in [0.5, 0.6) is 0 Å². The van der Waals surface area contributed by atoms with Gasteiger partial charge in [0.05, 0.1) is 0 Å². The first-order valence-corrected chi connectivity index (χ1v) is 6.69. The van der Waals surface area contributed by atoms with Crippen LogP contribution < -0.4 is 0 Å². The van der Waals surface area contributed by atoms with Gasteiger partial charge < -0.3 is 4.74 Å². The van der Waals surface area contributed by atoms with E-state index in [-0.39, 0.29) is 0 Å². The molecular weight excluding hydrogens is 246 g/mol. The van der Waals surface area contributed by atoms with Gasteiger partial charge in [-0.3, -0.25) is 0 Å². The van der Waals surface area contributed by atoms with E-state index >= 15 is 0 Å². The van der Waals surface area contributed by atoms with E-state index in [1.54, 1.807) is 6.20 Å². The Kier molecular flexibility index (Phi) is 2.52. The molecule has 0 radical (unpaired) electrons. The molecule has 2 heteroatoms. The number of nitrogens with zero attached hydrogens (tertiary/aromatic N) is 1. The van der Waals surface area contributed by atoms with Crippen LogP contribution in [0.4, 0.5) is 0 Å². The number of fused-ring (bicyclic) bond motifs is 2. The van der Waals surface area contributed by atoms with Gasteiger partial charge in [-0.25, -0.2) is 4.99 Å². The van der Waals surface area contributed by atoms with Crippen LogP contribution in [0, 0.1) is 0 Å². The SMILES string of the molecule is C1=CN=C(c2ccc3cc4ccccc4cc3c2)OC1. The van der Waals surface area contributed by atoms with Crippen molar-refractivity contribution in [1.29, 1.82) is 0 Å². The summed E-state index contributed by atoms with van der Waals surface area (Å²) in [5, 5.41) is 4.96. The van der Waals surface area contributed by atoms with Crippen molar-refractivity contribution in [3.8, 4) is 0 Å². The molecule has 0 N–H and O–H groups in total. The molecule has 0 unspecified atom stereocenters. The summed E-state index contributed by atoms with van der Waals surface area (Å²) in [6.45, 7) is 0.592. The van der Waals surface area contributed by atoms with E-state index in [0.717, 1.165) is 5.56 Å². The van der Waals surface area contributed by atoms with E-state index in [1.807, 2.05) is 6.08 Å². The van der Waals surface area contributed by atoms with Crippen molar-refractivity contribution < 1.29 is 4.74 Å². The number of hydrogen-bond acceptors (Lipinski definition) is 2. The lowest BCUT2D eigenvalue weighted by atomic mass is 10.0. The van der Waals surface area contributed by atoms with Crippen molar-refractivity contribution in [1.82, 2.24) is 0 Å². The van der Waals surface area contributed by atoms with Crippen LogP contribution >= 0.6 is 0 Å². The number of ether oxygens (including phenoxy) is 1. The molecular formula is C18H13NO. The van der Waals surface area contributed by atoms with E-state index < -0.39 is 0 Å². The third-order valence-electron chi connectivity index (χ3n) is 3.57. The maximum Gasteiger partial charge on any atom is 0.221 e. The fourth-order valence-corrected chi connectivity index (χ4v) is 2.56. The summed E-state index contributed by atoms with van der Waals surface area (Å²) in [7, 11) is 0. The highest BCUT2D eigenvalue weighted by molar-refractivity contribution is 6.03. The van der Waals surface area contributed by atoms with Crippen LogP contribution in [0.1, 0.15) is 5.56 Å². The molecule has 0 spiro atoms. The Balaban J connectivity index is 1.92. The lowest BCUT2D eigenvalue weighted by molar-refractivity contribution is 0.346. The third kappa shape index (κ3) is 1.86. The zero-order valence-electron chi connectivity index (χ0n) is 10.9. The largest absolute Gasteiger partial charge is 0.473 e. The van der Waals surface area contributed by atoms with E-state index in [0.29, 0.717) is 12.5 Å². The monoisotopic (exact) mass is 259 g/mol. The second-order valence-corrected chi connectivity index (χ2v) is 4.89. The molecule has 0 aromatic heterocycles. The average Bonchev–Trinajstić information content (AvgIpc) is 2.53. The van der Waals surface area contributed by atoms with E-state index in [4.69, 9.17) is 4.74 Å². The first-order chi connectivity index (χ1) is 9.90. The number of aliphatic imine (C=N–C) groups is 1. The van der Waals surface area contributed by atoms with Crippen LogP contribution in [0.25, 0.3) is 21.5 Å². The molecule has 3 aromatic carbocycles. The van der Waals surface area contributed by atoms with Gasteiger partial charge >= 0.3 is 0 Å². The molecule has 0 amide bonds. The summed E-state index contributed by atoms with van der Waals surface area (Å²) in [5.41, 5.74) is 1.03. The van der Waals surface area contributed by atoms with E-state index in [2.05, 4.69) is 59.6 Å². The van der Waals surface area contributed by atoms with Crippen LogP contribution in [0.2, 0.25) is 0 Å². The van der Waals surface area contributed by atoms with Crippen LogP contribution in [-0.2, 0) is 4.74 Å². The van der Waals surface area contributed by atoms with Gasteiger partial charge in [0.1, 0.15) is 6.61 Å². The van der Waals surface area contributed by atoms with Gasteiger partial charge in [-0.2, -0.15) is 0 Å². The average molecular weight is 259 g/mol. The van der Waals surface area contributed by atoms with E-state index in [1.165, 1.54) is 21.5 Å². The molecule has 0 fully saturated rings. The second-order valence-electron chi connectivity index (χ2n) is 4.89. The molecule has 20 heavy (non-hydrogen) atoms. The van der Waals surface area contributed by atoms with Gasteiger partial charge in [0.2, 0.25) is 5.90 Å². The summed E-state index contributed by atoms with van der Waals surface area (Å²) in [6.07, 6.45) is 3.70. The minimum Gasteiger partial charge on any atom is -0.473 e. The zero-order chi connectivity index (χ0) is 13.4. The molecule has 96 valence electrons. The molecule has 4 rings (SSSR count). The Morgan fingerprint density at radius 1 is 0.800 bits per heavy atom. The maximum absolute atomic E-state index is 5.56. The number of hydrogen-bond donors (Lipinski definition) is 0. The highest BCUT2D eigenvalue weighted by Gasteiger charge is 2.07. The predicted molar refractivity (Wildman–Crippen MR) is 83.1 cm³/mol. The standard InChI is InChI=1S/C18H13NO/c1-2-5-14-11-17-12-16(18-19-8-3-9-20-18)7-6-15(17)10-13(14)4-1/h1-8,10-12H,9H2. The summed E-state index contributed by atoms with van der Waals surface area (Å²) in [6, 6.07) is 19.2. The van der Waals surface area contributed by atoms with Gasteiger partial charge in [0.15, 0.2) is 0 Å². The Morgan fingerprint density at radius 3 is 2.30 bits per heavy atom. The van der Waals surface area contributed by atoms with E-state index in [9.17, 15) is 0 Å². The fraction of sp³-hybridized carbons (Fsp3) is 0.0556. The summed E-state index contributed by atoms with van der Waals surface area (Å²) in [5.74, 6) is 0.697. The van der Waals surface area contributed by atoms with Crippen molar-refractivity contribution in [2.24, 2.45) is 4.99 Å². The quantitative estimate of drug-likeness (QED) is 0.598. The van der Waals surface area contributed by atoms with Gasteiger partial charge in [0.25, 0.3) is 0 Å². The van der Waals surface area contributed by atoms with Gasteiger partial charge in [0, 0.05) is 11.8 Å². The minimum absolute atomic E-state index is 0.592. The molecule has 0 aliphatic carbocycles. The summed E-state index contributed by atoms with van der Waals surface area (Å²) >= 11 is 0. The van der Waals surface area contributed by atoms with Crippen LogP contribution in [0.15, 0.2) is 71.9 Å². The maximum atomic E-state index is 5.56. The molecule has 1 aliphatic heterocycles. The van der Waals surface area contributed by atoms with Crippen molar-refractivity contribution in [3.63, 3.8) is 0 Å². The van der Waals surface area contributed by atoms with Crippen molar-refractivity contribution >= 4 is 27.4 Å². The van der Waals surface area contributed by atoms with Crippen LogP contribution in [0.3, 0.4) is 0 Å². The summed E-state index contributed by atoms with van der Waals surface area (Å²) in [4.78, 5) is 4.28. The molecule has 2 nitrogen and oxygen atoms in total. The Bertz CT molecular complexity index is 862. The molecule has 0 atom stereocenters. The molecule has 0 saturated heterocycles. The molecule has 3 aromatic rings. The molecule has 0 saturated carbocycles. The Labute approximate surface area is 117 Å². The van der Waals surface area contributed by atoms with Crippen LogP contribution in [-0.4, -0.2) is 12.5 Å². The zero-order valence-corrected chi connectivity index (χ0v) is 10.9. The second kappa shape index (κ2) is 4.49. The molecule has 0 bridgehead atoms. The van der Waals surface area contributed by atoms with Crippen molar-refractivity contribution in [3.05, 3.63) is 72.4 Å². The normalized spacial score (nSPS) is 14.3. The molecule has 1 heterocycles. The first-order valence-electron chi connectivity index (χ1n) is 6.69. The predicted octanol–water partition coefficient (Wildman–Crippen LogP) is 4.28. The number of rotatable bonds is 1. The highest BCUT2D eigenvalue weighted by Crippen LogP contribution is 2.24. The Morgan fingerprint density at radius 2 is 1.55 bits per heavy atom. The van der Waals surface area contributed by atoms with Crippen molar-refractivity contribution in [2.75, 3.05) is 6.61 Å². The highest BCUT2D eigenvalue weighted by atomic mass is 16.5. The van der Waals surface area contributed by atoms with Gasteiger partial charge in [-0.05, 0) is 51.9 Å². The number of benzene rings is 3. The lowest BCUT2D eigenvalue weighted by Crippen LogP contribution is -2.09. The van der Waals surface area contributed by atoms with Gasteiger partial charge in [-0.15, -0.1) is 0 Å². The fourth-order valence-electron chi connectivity index (χ4n) is 2.56. The minimum atomic E-state index is 0.592.